The third kappa shape index (κ3) is 1.50. The van der Waals surface area contributed by atoms with Gasteiger partial charge in [0, 0.05) is 19.1 Å². The minimum Gasteiger partial charge on any atom is -0.493 e. The molecule has 0 spiro atoms. The zero-order valence-corrected chi connectivity index (χ0v) is 11.1. The molecule has 2 unspecified atom stereocenters. The van der Waals surface area contributed by atoms with Gasteiger partial charge in [-0.15, -0.1) is 0 Å². The molecule has 0 aromatic carbocycles. The van der Waals surface area contributed by atoms with E-state index in [2.05, 4.69) is 10.00 Å². The third-order valence-corrected chi connectivity index (χ3v) is 4.43. The van der Waals surface area contributed by atoms with Crippen LogP contribution in [-0.2, 0) is 12.1 Å². The molecule has 2 saturated heterocycles. The average Bonchev–Trinajstić information content (AvgIpc) is 3.05. The normalized spacial score (nSPS) is 31.8. The first-order valence-electron chi connectivity index (χ1n) is 6.77. The molecule has 2 atom stereocenters. The number of aryl methyl sites for hydroxylation is 1. The maximum Gasteiger partial charge on any atom is 0.163 e. The number of rotatable bonds is 3. The van der Waals surface area contributed by atoms with Crippen molar-refractivity contribution < 1.29 is 9.84 Å². The van der Waals surface area contributed by atoms with Gasteiger partial charge in [-0.25, -0.2) is 0 Å². The summed E-state index contributed by atoms with van der Waals surface area (Å²) < 4.78 is 7.27. The van der Waals surface area contributed by atoms with Crippen LogP contribution in [0.4, 0.5) is 0 Å². The van der Waals surface area contributed by atoms with Crippen LogP contribution < -0.4 is 4.74 Å². The summed E-state index contributed by atoms with van der Waals surface area (Å²) in [6, 6.07) is 0.230. The van der Waals surface area contributed by atoms with E-state index in [4.69, 9.17) is 4.74 Å². The first-order chi connectivity index (χ1) is 8.70. The number of fused-ring (bicyclic) bond motifs is 1. The lowest BCUT2D eigenvalue weighted by molar-refractivity contribution is -0.000727. The number of ether oxygens (including phenoxy) is 1. The van der Waals surface area contributed by atoms with E-state index >= 15 is 0 Å². The second kappa shape index (κ2) is 4.24. The Hall–Kier alpha value is -1.07. The van der Waals surface area contributed by atoms with Crippen molar-refractivity contribution in [3.8, 4) is 5.75 Å². The van der Waals surface area contributed by atoms with E-state index in [1.54, 1.807) is 13.3 Å². The standard InChI is InChI=1S/C13H21N3O2/c1-3-16-12(10(18-2)9-14-16)13(17)6-8-15-7-4-5-11(13)15/h9,11,17H,3-8H2,1-2H3. The number of hydrogen-bond acceptors (Lipinski definition) is 4. The van der Waals surface area contributed by atoms with Crippen molar-refractivity contribution in [2.45, 2.75) is 44.4 Å². The molecule has 3 rings (SSSR count). The number of methoxy groups -OCH3 is 1. The first kappa shape index (κ1) is 12.0. The van der Waals surface area contributed by atoms with Crippen molar-refractivity contribution in [2.24, 2.45) is 0 Å². The Bertz CT molecular complexity index is 424. The molecule has 0 bridgehead atoms. The van der Waals surface area contributed by atoms with E-state index in [9.17, 15) is 5.11 Å². The van der Waals surface area contributed by atoms with Gasteiger partial charge in [-0.1, -0.05) is 0 Å². The SMILES string of the molecule is CCn1ncc(OC)c1C1(O)CCN2CCCC21. The molecule has 0 radical (unpaired) electrons. The van der Waals surface area contributed by atoms with Crippen molar-refractivity contribution >= 4 is 0 Å². The van der Waals surface area contributed by atoms with Crippen LogP contribution in [0.3, 0.4) is 0 Å². The molecule has 0 saturated carbocycles. The van der Waals surface area contributed by atoms with E-state index in [1.165, 1.54) is 6.42 Å². The molecule has 1 aromatic heterocycles. The summed E-state index contributed by atoms with van der Waals surface area (Å²) in [7, 11) is 1.64. The van der Waals surface area contributed by atoms with Crippen LogP contribution in [-0.4, -0.2) is 46.0 Å². The van der Waals surface area contributed by atoms with Crippen LogP contribution >= 0.6 is 0 Å². The van der Waals surface area contributed by atoms with Crippen molar-refractivity contribution in [1.82, 2.24) is 14.7 Å². The molecular formula is C13H21N3O2. The Morgan fingerprint density at radius 2 is 2.39 bits per heavy atom. The van der Waals surface area contributed by atoms with Crippen LogP contribution in [0, 0.1) is 0 Å². The molecular weight excluding hydrogens is 230 g/mol. The van der Waals surface area contributed by atoms with E-state index in [1.807, 2.05) is 11.6 Å². The van der Waals surface area contributed by atoms with Gasteiger partial charge in [0.25, 0.3) is 0 Å². The summed E-state index contributed by atoms with van der Waals surface area (Å²) in [6.07, 6.45) is 4.73. The number of nitrogens with zero attached hydrogens (tertiary/aromatic N) is 3. The van der Waals surface area contributed by atoms with Gasteiger partial charge in [0.1, 0.15) is 11.3 Å². The van der Waals surface area contributed by atoms with Crippen LogP contribution in [0.5, 0.6) is 5.75 Å². The Morgan fingerprint density at radius 3 is 3.11 bits per heavy atom. The molecule has 5 nitrogen and oxygen atoms in total. The summed E-state index contributed by atoms with van der Waals surface area (Å²) in [4.78, 5) is 2.40. The Kier molecular flexibility index (Phi) is 2.83. The molecule has 1 aromatic rings. The first-order valence-corrected chi connectivity index (χ1v) is 6.77. The summed E-state index contributed by atoms with van der Waals surface area (Å²) >= 11 is 0. The fourth-order valence-electron chi connectivity index (χ4n) is 3.59. The molecule has 0 amide bonds. The molecule has 1 N–H and O–H groups in total. The van der Waals surface area contributed by atoms with E-state index in [0.717, 1.165) is 38.2 Å². The minimum atomic E-state index is -0.797. The van der Waals surface area contributed by atoms with Gasteiger partial charge >= 0.3 is 0 Å². The van der Waals surface area contributed by atoms with Gasteiger partial charge in [-0.05, 0) is 32.7 Å². The molecule has 3 heterocycles. The second-order valence-corrected chi connectivity index (χ2v) is 5.25. The summed E-state index contributed by atoms with van der Waals surface area (Å²) in [6.45, 7) is 4.88. The molecule has 2 aliphatic heterocycles. The fraction of sp³-hybridized carbons (Fsp3) is 0.769. The Morgan fingerprint density at radius 1 is 1.56 bits per heavy atom. The summed E-state index contributed by atoms with van der Waals surface area (Å²) in [5.74, 6) is 0.716. The molecule has 5 heteroatoms. The highest BCUT2D eigenvalue weighted by Gasteiger charge is 2.52. The van der Waals surface area contributed by atoms with Gasteiger partial charge in [-0.3, -0.25) is 9.58 Å². The number of hydrogen-bond donors (Lipinski definition) is 1. The van der Waals surface area contributed by atoms with Gasteiger partial charge in [0.15, 0.2) is 5.75 Å². The highest BCUT2D eigenvalue weighted by molar-refractivity contribution is 5.34. The molecule has 2 fully saturated rings. The van der Waals surface area contributed by atoms with Crippen molar-refractivity contribution in [3.63, 3.8) is 0 Å². The zero-order valence-electron chi connectivity index (χ0n) is 11.1. The lowest BCUT2D eigenvalue weighted by atomic mass is 9.88. The quantitative estimate of drug-likeness (QED) is 0.869. The number of aliphatic hydroxyl groups is 1. The maximum absolute atomic E-state index is 11.2. The lowest BCUT2D eigenvalue weighted by Gasteiger charge is -2.31. The monoisotopic (exact) mass is 251 g/mol. The summed E-state index contributed by atoms with van der Waals surface area (Å²) in [5.41, 5.74) is 0.0656. The smallest absolute Gasteiger partial charge is 0.163 e. The lowest BCUT2D eigenvalue weighted by Crippen LogP contribution is -2.40. The van der Waals surface area contributed by atoms with Crippen LogP contribution in [0.2, 0.25) is 0 Å². The van der Waals surface area contributed by atoms with Gasteiger partial charge < -0.3 is 9.84 Å². The molecule has 18 heavy (non-hydrogen) atoms. The van der Waals surface area contributed by atoms with Crippen molar-refractivity contribution in [2.75, 3.05) is 20.2 Å². The Labute approximate surface area is 107 Å². The molecule has 2 aliphatic rings. The minimum absolute atomic E-state index is 0.230. The Balaban J connectivity index is 2.05. The zero-order chi connectivity index (χ0) is 12.8. The fourth-order valence-corrected chi connectivity index (χ4v) is 3.59. The van der Waals surface area contributed by atoms with Gasteiger partial charge in [-0.2, -0.15) is 5.10 Å². The number of aromatic nitrogens is 2. The highest BCUT2D eigenvalue weighted by atomic mass is 16.5. The summed E-state index contributed by atoms with van der Waals surface area (Å²) in [5, 5.41) is 15.5. The highest BCUT2D eigenvalue weighted by Crippen LogP contribution is 2.45. The van der Waals surface area contributed by atoms with Crippen molar-refractivity contribution in [1.29, 1.82) is 0 Å². The van der Waals surface area contributed by atoms with Crippen molar-refractivity contribution in [3.05, 3.63) is 11.9 Å². The van der Waals surface area contributed by atoms with Gasteiger partial charge in [0.2, 0.25) is 0 Å². The van der Waals surface area contributed by atoms with E-state index < -0.39 is 5.60 Å². The second-order valence-electron chi connectivity index (χ2n) is 5.25. The predicted molar refractivity (Wildman–Crippen MR) is 67.6 cm³/mol. The molecule has 0 aliphatic carbocycles. The topological polar surface area (TPSA) is 50.5 Å². The largest absolute Gasteiger partial charge is 0.493 e. The van der Waals surface area contributed by atoms with Gasteiger partial charge in [0.05, 0.1) is 13.3 Å². The van der Waals surface area contributed by atoms with E-state index in [0.29, 0.717) is 5.75 Å². The maximum atomic E-state index is 11.2. The molecule has 100 valence electrons. The van der Waals surface area contributed by atoms with Crippen LogP contribution in [0.1, 0.15) is 31.9 Å². The predicted octanol–water partition coefficient (Wildman–Crippen LogP) is 0.967. The van der Waals surface area contributed by atoms with Crippen LogP contribution in [0.15, 0.2) is 6.20 Å². The average molecular weight is 251 g/mol. The van der Waals surface area contributed by atoms with E-state index in [-0.39, 0.29) is 6.04 Å². The third-order valence-electron chi connectivity index (χ3n) is 4.43. The van der Waals surface area contributed by atoms with Crippen LogP contribution in [0.25, 0.3) is 0 Å².